The first kappa shape index (κ1) is 19.1. The van der Waals surface area contributed by atoms with Gasteiger partial charge in [0.25, 0.3) is 0 Å². The summed E-state index contributed by atoms with van der Waals surface area (Å²) in [6.07, 6.45) is 0. The van der Waals surface area contributed by atoms with E-state index in [1.165, 1.54) is 0 Å². The molecule has 0 N–H and O–H groups in total. The highest BCUT2D eigenvalue weighted by atomic mass is 16.7. The van der Waals surface area contributed by atoms with Crippen LogP contribution in [0.5, 0.6) is 0 Å². The molecule has 0 fully saturated rings. The third kappa shape index (κ3) is 5.69. The van der Waals surface area contributed by atoms with Crippen LogP contribution in [0.25, 0.3) is 0 Å². The van der Waals surface area contributed by atoms with Crippen LogP contribution in [0.2, 0.25) is 0 Å². The molecule has 4 nitrogen and oxygen atoms in total. The van der Waals surface area contributed by atoms with Crippen LogP contribution in [0.15, 0.2) is 24.3 Å². The second-order valence-corrected chi connectivity index (χ2v) is 6.11. The Bertz CT molecular complexity index is 382. The van der Waals surface area contributed by atoms with Crippen LogP contribution in [-0.4, -0.2) is 26.8 Å². The molecule has 4 heteroatoms. The Morgan fingerprint density at radius 3 is 1.27 bits per heavy atom. The van der Waals surface area contributed by atoms with Crippen LogP contribution in [0.1, 0.15) is 52.7 Å². The Labute approximate surface area is 134 Å². The van der Waals surface area contributed by atoms with E-state index in [4.69, 9.17) is 18.9 Å². The second-order valence-electron chi connectivity index (χ2n) is 6.11. The summed E-state index contributed by atoms with van der Waals surface area (Å²) in [5.74, 6) is 0. The molecule has 0 atom stereocenters. The molecule has 0 radical (unpaired) electrons. The van der Waals surface area contributed by atoms with Gasteiger partial charge >= 0.3 is 0 Å². The molecule has 0 saturated heterocycles. The summed E-state index contributed by atoms with van der Waals surface area (Å²) >= 11 is 0. The first-order valence-corrected chi connectivity index (χ1v) is 7.88. The average Bonchev–Trinajstić information content (AvgIpc) is 2.48. The van der Waals surface area contributed by atoms with Gasteiger partial charge in [0.2, 0.25) is 0 Å². The van der Waals surface area contributed by atoms with Crippen LogP contribution < -0.4 is 0 Å². The van der Waals surface area contributed by atoms with Gasteiger partial charge in [0.15, 0.2) is 0 Å². The molecule has 1 rings (SSSR count). The normalized spacial score (nSPS) is 12.6. The average molecular weight is 310 g/mol. The molecule has 0 aromatic heterocycles. The van der Waals surface area contributed by atoms with E-state index in [9.17, 15) is 0 Å². The van der Waals surface area contributed by atoms with E-state index in [0.717, 1.165) is 11.1 Å². The molecule has 22 heavy (non-hydrogen) atoms. The van der Waals surface area contributed by atoms with Gasteiger partial charge in [-0.2, -0.15) is 0 Å². The molecule has 0 aliphatic heterocycles. The molecule has 0 spiro atoms. The minimum Gasteiger partial charge on any atom is -0.356 e. The van der Waals surface area contributed by atoms with E-state index in [2.05, 4.69) is 24.3 Å². The van der Waals surface area contributed by atoms with E-state index in [-0.39, 0.29) is 11.2 Å². The monoisotopic (exact) mass is 310 g/mol. The van der Waals surface area contributed by atoms with E-state index in [0.29, 0.717) is 26.8 Å². The lowest BCUT2D eigenvalue weighted by Crippen LogP contribution is -2.25. The highest BCUT2D eigenvalue weighted by Crippen LogP contribution is 2.29. The summed E-state index contributed by atoms with van der Waals surface area (Å²) in [7, 11) is 0. The Hall–Kier alpha value is -0.940. The minimum absolute atomic E-state index is 0.300. The van der Waals surface area contributed by atoms with Crippen molar-refractivity contribution in [3.63, 3.8) is 0 Å². The lowest BCUT2D eigenvalue weighted by Gasteiger charge is -2.28. The summed E-state index contributed by atoms with van der Waals surface area (Å²) in [6, 6.07) is 8.31. The molecule has 0 heterocycles. The molecule has 1 aromatic rings. The third-order valence-electron chi connectivity index (χ3n) is 3.69. The Balaban J connectivity index is 2.72. The molecular weight excluding hydrogens is 280 g/mol. The lowest BCUT2D eigenvalue weighted by atomic mass is 9.92. The van der Waals surface area contributed by atoms with Gasteiger partial charge in [0.1, 0.15) is 13.6 Å². The second kappa shape index (κ2) is 8.63. The molecule has 1 aromatic carbocycles. The van der Waals surface area contributed by atoms with Crippen molar-refractivity contribution in [1.82, 2.24) is 0 Å². The molecule has 0 aliphatic rings. The summed E-state index contributed by atoms with van der Waals surface area (Å²) in [6.45, 7) is 14.0. The molecular formula is C18H30O4. The third-order valence-corrected chi connectivity index (χ3v) is 3.69. The molecule has 0 bridgehead atoms. The number of hydrogen-bond acceptors (Lipinski definition) is 4. The Morgan fingerprint density at radius 2 is 1.00 bits per heavy atom. The predicted molar refractivity (Wildman–Crippen MR) is 87.7 cm³/mol. The topological polar surface area (TPSA) is 36.9 Å². The van der Waals surface area contributed by atoms with E-state index < -0.39 is 0 Å². The fourth-order valence-corrected chi connectivity index (χ4v) is 1.98. The van der Waals surface area contributed by atoms with Crippen LogP contribution in [-0.2, 0) is 30.1 Å². The van der Waals surface area contributed by atoms with Crippen molar-refractivity contribution in [2.75, 3.05) is 26.8 Å². The fraction of sp³-hybridized carbons (Fsp3) is 0.667. The van der Waals surface area contributed by atoms with E-state index >= 15 is 0 Å². The quantitative estimate of drug-likeness (QED) is 0.480. The molecule has 126 valence electrons. The van der Waals surface area contributed by atoms with E-state index in [1.54, 1.807) is 0 Å². The van der Waals surface area contributed by atoms with E-state index in [1.807, 2.05) is 41.5 Å². The van der Waals surface area contributed by atoms with Crippen molar-refractivity contribution in [2.24, 2.45) is 0 Å². The van der Waals surface area contributed by atoms with Gasteiger partial charge in [-0.3, -0.25) is 0 Å². The first-order chi connectivity index (χ1) is 10.3. The lowest BCUT2D eigenvalue weighted by molar-refractivity contribution is -0.130. The maximum atomic E-state index is 5.79. The zero-order valence-electron chi connectivity index (χ0n) is 14.8. The van der Waals surface area contributed by atoms with Crippen LogP contribution >= 0.6 is 0 Å². The van der Waals surface area contributed by atoms with Crippen molar-refractivity contribution in [2.45, 2.75) is 52.7 Å². The number of ether oxygens (including phenoxy) is 4. The van der Waals surface area contributed by atoms with Gasteiger partial charge in [-0.1, -0.05) is 24.3 Å². The van der Waals surface area contributed by atoms with Crippen LogP contribution in [0.4, 0.5) is 0 Å². The smallest absolute Gasteiger partial charge is 0.147 e. The standard InChI is InChI=1S/C18H30O4/c1-7-19-13-21-17(3,4)15-9-11-16(12-10-15)18(5,6)22-14-20-8-2/h9-12H,7-8,13-14H2,1-6H3. The molecule has 0 amide bonds. The number of benzene rings is 1. The van der Waals surface area contributed by atoms with Gasteiger partial charge < -0.3 is 18.9 Å². The van der Waals surface area contributed by atoms with Gasteiger partial charge in [-0.15, -0.1) is 0 Å². The largest absolute Gasteiger partial charge is 0.356 e. The Kier molecular flexibility index (Phi) is 7.49. The minimum atomic E-state index is -0.385. The molecule has 0 saturated carbocycles. The number of rotatable bonds is 10. The van der Waals surface area contributed by atoms with Crippen LogP contribution in [0, 0.1) is 0 Å². The molecule has 0 unspecified atom stereocenters. The van der Waals surface area contributed by atoms with Gasteiger partial charge in [0.05, 0.1) is 11.2 Å². The predicted octanol–water partition coefficient (Wildman–Crippen LogP) is 4.18. The number of hydrogen-bond donors (Lipinski definition) is 0. The first-order valence-electron chi connectivity index (χ1n) is 7.88. The maximum absolute atomic E-state index is 5.79. The summed E-state index contributed by atoms with van der Waals surface area (Å²) in [5, 5.41) is 0. The highest BCUT2D eigenvalue weighted by Gasteiger charge is 2.24. The maximum Gasteiger partial charge on any atom is 0.147 e. The van der Waals surface area contributed by atoms with Crippen LogP contribution in [0.3, 0.4) is 0 Å². The van der Waals surface area contributed by atoms with Crippen molar-refractivity contribution in [1.29, 1.82) is 0 Å². The van der Waals surface area contributed by atoms with Gasteiger partial charge in [-0.05, 0) is 52.7 Å². The molecule has 0 aliphatic carbocycles. The van der Waals surface area contributed by atoms with Gasteiger partial charge in [0, 0.05) is 13.2 Å². The summed E-state index contributed by atoms with van der Waals surface area (Å²) in [5.41, 5.74) is 1.45. The highest BCUT2D eigenvalue weighted by molar-refractivity contribution is 5.29. The summed E-state index contributed by atoms with van der Waals surface area (Å²) < 4.78 is 22.1. The van der Waals surface area contributed by atoms with Gasteiger partial charge in [-0.25, -0.2) is 0 Å². The van der Waals surface area contributed by atoms with Crippen molar-refractivity contribution >= 4 is 0 Å². The fourth-order valence-electron chi connectivity index (χ4n) is 1.98. The van der Waals surface area contributed by atoms with Crippen molar-refractivity contribution in [3.05, 3.63) is 35.4 Å². The van der Waals surface area contributed by atoms with Crippen molar-refractivity contribution in [3.8, 4) is 0 Å². The summed E-state index contributed by atoms with van der Waals surface area (Å²) in [4.78, 5) is 0. The zero-order valence-corrected chi connectivity index (χ0v) is 14.8. The Morgan fingerprint density at radius 1 is 0.682 bits per heavy atom. The SMILES string of the molecule is CCOCOC(C)(C)c1ccc(C(C)(C)OCOCC)cc1. The van der Waals surface area contributed by atoms with Crippen molar-refractivity contribution < 1.29 is 18.9 Å². The zero-order chi connectivity index (χ0) is 16.6.